The van der Waals surface area contributed by atoms with E-state index in [1.54, 1.807) is 0 Å². The van der Waals surface area contributed by atoms with Crippen LogP contribution in [0.15, 0.2) is 30.5 Å². The number of rotatable bonds is 3. The summed E-state index contributed by atoms with van der Waals surface area (Å²) in [6.07, 6.45) is 3.52. The van der Waals surface area contributed by atoms with Crippen molar-refractivity contribution >= 4 is 10.9 Å². The van der Waals surface area contributed by atoms with Gasteiger partial charge in [-0.25, -0.2) is 0 Å². The van der Waals surface area contributed by atoms with Crippen LogP contribution in [0.1, 0.15) is 39.7 Å². The van der Waals surface area contributed by atoms with Crippen molar-refractivity contribution in [3.63, 3.8) is 0 Å². The third-order valence-electron chi connectivity index (χ3n) is 3.54. The standard InChI is InChI=1S/C16H23N/c1-12(2)10-16(3,4)14-11-17(5)15-9-7-6-8-13(14)15/h6-9,11-12H,10H2,1-5H3. The van der Waals surface area contributed by atoms with Gasteiger partial charge in [0.1, 0.15) is 0 Å². The van der Waals surface area contributed by atoms with Crippen molar-refractivity contribution in [2.75, 3.05) is 0 Å². The maximum Gasteiger partial charge on any atom is 0.0480 e. The number of para-hydroxylation sites is 1. The monoisotopic (exact) mass is 229 g/mol. The maximum absolute atomic E-state index is 2.36. The van der Waals surface area contributed by atoms with Gasteiger partial charge in [-0.2, -0.15) is 0 Å². The maximum atomic E-state index is 2.36. The molecule has 1 aromatic carbocycles. The van der Waals surface area contributed by atoms with Crippen LogP contribution in [0, 0.1) is 5.92 Å². The predicted molar refractivity (Wildman–Crippen MR) is 75.4 cm³/mol. The zero-order valence-corrected chi connectivity index (χ0v) is 11.6. The lowest BCUT2D eigenvalue weighted by atomic mass is 9.78. The van der Waals surface area contributed by atoms with Gasteiger partial charge in [0, 0.05) is 24.1 Å². The smallest absolute Gasteiger partial charge is 0.0480 e. The SMILES string of the molecule is CC(C)CC(C)(C)c1cn(C)c2ccccc12. The van der Waals surface area contributed by atoms with E-state index in [-0.39, 0.29) is 5.41 Å². The van der Waals surface area contributed by atoms with E-state index >= 15 is 0 Å². The van der Waals surface area contributed by atoms with Gasteiger partial charge in [0.2, 0.25) is 0 Å². The molecule has 0 N–H and O–H groups in total. The molecule has 2 rings (SSSR count). The molecule has 1 heterocycles. The average molecular weight is 229 g/mol. The lowest BCUT2D eigenvalue weighted by molar-refractivity contribution is 0.401. The minimum absolute atomic E-state index is 0.245. The predicted octanol–water partition coefficient (Wildman–Crippen LogP) is 4.50. The van der Waals surface area contributed by atoms with Crippen molar-refractivity contribution < 1.29 is 0 Å². The fourth-order valence-electron chi connectivity index (χ4n) is 3.01. The van der Waals surface area contributed by atoms with Crippen LogP contribution in [-0.2, 0) is 12.5 Å². The minimum Gasteiger partial charge on any atom is -0.350 e. The fourth-order valence-corrected chi connectivity index (χ4v) is 3.01. The molecule has 0 bridgehead atoms. The van der Waals surface area contributed by atoms with E-state index in [9.17, 15) is 0 Å². The van der Waals surface area contributed by atoms with Gasteiger partial charge in [0.25, 0.3) is 0 Å². The summed E-state index contributed by atoms with van der Waals surface area (Å²) >= 11 is 0. The second-order valence-electron chi connectivity index (χ2n) is 6.15. The number of hydrogen-bond acceptors (Lipinski definition) is 0. The highest BCUT2D eigenvalue weighted by Crippen LogP contribution is 2.35. The van der Waals surface area contributed by atoms with Crippen LogP contribution < -0.4 is 0 Å². The van der Waals surface area contributed by atoms with Crippen LogP contribution in [0.4, 0.5) is 0 Å². The molecule has 0 aliphatic rings. The molecule has 0 unspecified atom stereocenters. The second-order valence-corrected chi connectivity index (χ2v) is 6.15. The van der Waals surface area contributed by atoms with Crippen molar-refractivity contribution in [3.8, 4) is 0 Å². The number of benzene rings is 1. The molecule has 1 heteroatoms. The molecule has 0 fully saturated rings. The zero-order chi connectivity index (χ0) is 12.6. The summed E-state index contributed by atoms with van der Waals surface area (Å²) in [6.45, 7) is 9.31. The lowest BCUT2D eigenvalue weighted by Crippen LogP contribution is -2.19. The van der Waals surface area contributed by atoms with Gasteiger partial charge in [0.15, 0.2) is 0 Å². The van der Waals surface area contributed by atoms with Gasteiger partial charge in [-0.05, 0) is 29.4 Å². The topological polar surface area (TPSA) is 4.93 Å². The van der Waals surface area contributed by atoms with Gasteiger partial charge in [-0.3, -0.25) is 0 Å². The minimum atomic E-state index is 0.245. The van der Waals surface area contributed by atoms with Crippen molar-refractivity contribution in [3.05, 3.63) is 36.0 Å². The number of fused-ring (bicyclic) bond motifs is 1. The molecular formula is C16H23N. The van der Waals surface area contributed by atoms with Crippen LogP contribution in [0.5, 0.6) is 0 Å². The van der Waals surface area contributed by atoms with E-state index in [4.69, 9.17) is 0 Å². The largest absolute Gasteiger partial charge is 0.350 e. The van der Waals surface area contributed by atoms with Crippen molar-refractivity contribution in [1.29, 1.82) is 0 Å². The van der Waals surface area contributed by atoms with E-state index < -0.39 is 0 Å². The van der Waals surface area contributed by atoms with Gasteiger partial charge in [0.05, 0.1) is 0 Å². The Kier molecular flexibility index (Phi) is 3.03. The second kappa shape index (κ2) is 4.21. The summed E-state index contributed by atoms with van der Waals surface area (Å²) < 4.78 is 2.24. The van der Waals surface area contributed by atoms with Crippen LogP contribution in [-0.4, -0.2) is 4.57 Å². The van der Waals surface area contributed by atoms with Gasteiger partial charge < -0.3 is 4.57 Å². The first-order chi connectivity index (χ1) is 7.92. The number of hydrogen-bond donors (Lipinski definition) is 0. The molecule has 0 atom stereocenters. The highest BCUT2D eigenvalue weighted by Gasteiger charge is 2.25. The Labute approximate surface area is 104 Å². The summed E-state index contributed by atoms with van der Waals surface area (Å²) in [5, 5.41) is 1.40. The molecular weight excluding hydrogens is 206 g/mol. The molecule has 0 amide bonds. The average Bonchev–Trinajstić information content (AvgIpc) is 2.56. The van der Waals surface area contributed by atoms with Crippen LogP contribution >= 0.6 is 0 Å². The summed E-state index contributed by atoms with van der Waals surface area (Å²) in [7, 11) is 2.14. The van der Waals surface area contributed by atoms with Gasteiger partial charge in [-0.15, -0.1) is 0 Å². The highest BCUT2D eigenvalue weighted by molar-refractivity contribution is 5.84. The van der Waals surface area contributed by atoms with E-state index in [2.05, 4.69) is 69.8 Å². The van der Waals surface area contributed by atoms with Crippen molar-refractivity contribution in [2.24, 2.45) is 13.0 Å². The van der Waals surface area contributed by atoms with Crippen LogP contribution in [0.2, 0.25) is 0 Å². The van der Waals surface area contributed by atoms with E-state index in [0.29, 0.717) is 0 Å². The molecule has 0 aliphatic carbocycles. The van der Waals surface area contributed by atoms with E-state index in [0.717, 1.165) is 5.92 Å². The first-order valence-electron chi connectivity index (χ1n) is 6.46. The number of aromatic nitrogens is 1. The Hall–Kier alpha value is -1.24. The first-order valence-corrected chi connectivity index (χ1v) is 6.46. The molecule has 92 valence electrons. The Morgan fingerprint density at radius 1 is 1.18 bits per heavy atom. The summed E-state index contributed by atoms with van der Waals surface area (Å²) in [5.74, 6) is 0.726. The van der Waals surface area contributed by atoms with Gasteiger partial charge >= 0.3 is 0 Å². The summed E-state index contributed by atoms with van der Waals surface area (Å²) in [6, 6.07) is 8.69. The highest BCUT2D eigenvalue weighted by atomic mass is 14.9. The molecule has 17 heavy (non-hydrogen) atoms. The van der Waals surface area contributed by atoms with Crippen LogP contribution in [0.3, 0.4) is 0 Å². The van der Waals surface area contributed by atoms with E-state index in [1.165, 1.54) is 22.9 Å². The van der Waals surface area contributed by atoms with E-state index in [1.807, 2.05) is 0 Å². The molecule has 1 nitrogen and oxygen atoms in total. The molecule has 2 aromatic rings. The van der Waals surface area contributed by atoms with Crippen LogP contribution in [0.25, 0.3) is 10.9 Å². The lowest BCUT2D eigenvalue weighted by Gasteiger charge is -2.26. The Balaban J connectivity index is 2.55. The Morgan fingerprint density at radius 3 is 2.47 bits per heavy atom. The molecule has 0 spiro atoms. The molecule has 0 aliphatic heterocycles. The summed E-state index contributed by atoms with van der Waals surface area (Å²) in [4.78, 5) is 0. The third-order valence-corrected chi connectivity index (χ3v) is 3.54. The third kappa shape index (κ3) is 2.24. The van der Waals surface area contributed by atoms with Gasteiger partial charge in [-0.1, -0.05) is 45.9 Å². The molecule has 0 saturated heterocycles. The summed E-state index contributed by atoms with van der Waals surface area (Å²) in [5.41, 5.74) is 3.05. The normalized spacial score (nSPS) is 12.6. The number of nitrogens with zero attached hydrogens (tertiary/aromatic N) is 1. The Morgan fingerprint density at radius 2 is 1.82 bits per heavy atom. The quantitative estimate of drug-likeness (QED) is 0.730. The molecule has 0 radical (unpaired) electrons. The molecule has 1 aromatic heterocycles. The molecule has 0 saturated carbocycles. The first kappa shape index (κ1) is 12.2. The Bertz CT molecular complexity index is 517. The number of aryl methyl sites for hydroxylation is 1. The fraction of sp³-hybridized carbons (Fsp3) is 0.500. The zero-order valence-electron chi connectivity index (χ0n) is 11.6. The van der Waals surface area contributed by atoms with Crippen molar-refractivity contribution in [2.45, 2.75) is 39.5 Å². The van der Waals surface area contributed by atoms with Crippen molar-refractivity contribution in [1.82, 2.24) is 4.57 Å².